The van der Waals surface area contributed by atoms with Crippen LogP contribution in [0.1, 0.15) is 38.7 Å². The second-order valence-electron chi connectivity index (χ2n) is 5.71. The predicted molar refractivity (Wildman–Crippen MR) is 81.6 cm³/mol. The van der Waals surface area contributed by atoms with E-state index < -0.39 is 0 Å². The summed E-state index contributed by atoms with van der Waals surface area (Å²) < 4.78 is 6.48. The van der Waals surface area contributed by atoms with E-state index in [1.54, 1.807) is 6.07 Å². The molecular formula is C15H20BrNO3. The molecule has 2 rings (SSSR count). The van der Waals surface area contributed by atoms with Crippen LogP contribution >= 0.6 is 15.9 Å². The number of halogens is 1. The lowest BCUT2D eigenvalue weighted by Crippen LogP contribution is -2.26. The largest absolute Gasteiger partial charge is 0.373 e. The van der Waals surface area contributed by atoms with Crippen molar-refractivity contribution in [1.82, 2.24) is 0 Å². The molecule has 0 aromatic heterocycles. The molecule has 0 amide bonds. The zero-order valence-electron chi connectivity index (χ0n) is 11.8. The van der Waals surface area contributed by atoms with Crippen LogP contribution in [0.5, 0.6) is 0 Å². The number of benzene rings is 1. The van der Waals surface area contributed by atoms with E-state index in [0.29, 0.717) is 17.0 Å². The summed E-state index contributed by atoms with van der Waals surface area (Å²) in [6.07, 6.45) is 3.63. The maximum atomic E-state index is 10.9. The van der Waals surface area contributed by atoms with Gasteiger partial charge in [0, 0.05) is 6.07 Å². The molecule has 1 aromatic carbocycles. The topological polar surface area (TPSA) is 52.4 Å². The standard InChI is InChI=1S/C15H20BrNO3/c1-10-6-7-13(8-11(10)2)20-9-12-4-3-5-14(15(12)16)17(18)19/h3-5,10-11,13H,6-9H2,1-2H3. The lowest BCUT2D eigenvalue weighted by atomic mass is 9.80. The van der Waals surface area contributed by atoms with E-state index >= 15 is 0 Å². The molecule has 5 heteroatoms. The summed E-state index contributed by atoms with van der Waals surface area (Å²) in [6.45, 7) is 4.98. The van der Waals surface area contributed by atoms with Crippen molar-refractivity contribution in [3.05, 3.63) is 38.3 Å². The van der Waals surface area contributed by atoms with Gasteiger partial charge in [0.25, 0.3) is 5.69 Å². The summed E-state index contributed by atoms with van der Waals surface area (Å²) >= 11 is 3.31. The normalized spacial score (nSPS) is 26.4. The van der Waals surface area contributed by atoms with Gasteiger partial charge in [-0.2, -0.15) is 0 Å². The van der Waals surface area contributed by atoms with Gasteiger partial charge in [-0.1, -0.05) is 26.0 Å². The molecule has 3 unspecified atom stereocenters. The summed E-state index contributed by atoms with van der Waals surface area (Å²) in [5, 5.41) is 10.9. The molecule has 1 saturated carbocycles. The fourth-order valence-electron chi connectivity index (χ4n) is 2.68. The zero-order chi connectivity index (χ0) is 14.7. The molecule has 1 aliphatic carbocycles. The van der Waals surface area contributed by atoms with Gasteiger partial charge in [0.2, 0.25) is 0 Å². The minimum Gasteiger partial charge on any atom is -0.373 e. The smallest absolute Gasteiger partial charge is 0.283 e. The lowest BCUT2D eigenvalue weighted by molar-refractivity contribution is -0.385. The lowest BCUT2D eigenvalue weighted by Gasteiger charge is -2.32. The third-order valence-corrected chi connectivity index (χ3v) is 5.20. The zero-order valence-corrected chi connectivity index (χ0v) is 13.4. The second kappa shape index (κ2) is 6.68. The van der Waals surface area contributed by atoms with Crippen LogP contribution < -0.4 is 0 Å². The van der Waals surface area contributed by atoms with Crippen molar-refractivity contribution in [2.75, 3.05) is 0 Å². The number of rotatable bonds is 4. The maximum Gasteiger partial charge on any atom is 0.283 e. The minimum absolute atomic E-state index is 0.0942. The van der Waals surface area contributed by atoms with Crippen LogP contribution in [-0.2, 0) is 11.3 Å². The number of nitro benzene ring substituents is 1. The number of hydrogen-bond acceptors (Lipinski definition) is 3. The van der Waals surface area contributed by atoms with Crippen LogP contribution in [0.3, 0.4) is 0 Å². The van der Waals surface area contributed by atoms with Gasteiger partial charge in [-0.05, 0) is 52.6 Å². The van der Waals surface area contributed by atoms with Crippen LogP contribution in [-0.4, -0.2) is 11.0 Å². The summed E-state index contributed by atoms with van der Waals surface area (Å²) in [4.78, 5) is 10.5. The van der Waals surface area contributed by atoms with Crippen LogP contribution in [0, 0.1) is 22.0 Å². The average molecular weight is 342 g/mol. The van der Waals surface area contributed by atoms with Crippen molar-refractivity contribution in [1.29, 1.82) is 0 Å². The molecule has 0 aliphatic heterocycles. The first-order valence-corrected chi connectivity index (χ1v) is 7.81. The number of hydrogen-bond donors (Lipinski definition) is 0. The summed E-state index contributed by atoms with van der Waals surface area (Å²) in [5.41, 5.74) is 0.933. The van der Waals surface area contributed by atoms with Gasteiger partial charge in [-0.3, -0.25) is 10.1 Å². The van der Waals surface area contributed by atoms with Gasteiger partial charge < -0.3 is 4.74 Å². The highest BCUT2D eigenvalue weighted by molar-refractivity contribution is 9.10. The van der Waals surface area contributed by atoms with E-state index in [1.807, 2.05) is 6.07 Å². The molecule has 0 bridgehead atoms. The highest BCUT2D eigenvalue weighted by Gasteiger charge is 2.25. The van der Waals surface area contributed by atoms with Crippen molar-refractivity contribution in [2.45, 2.75) is 45.8 Å². The molecule has 110 valence electrons. The number of nitro groups is 1. The van der Waals surface area contributed by atoms with Gasteiger partial charge in [0.05, 0.1) is 17.6 Å². The molecule has 1 fully saturated rings. The SMILES string of the molecule is CC1CCC(OCc2cccc([N+](=O)[O-])c2Br)CC1C. The van der Waals surface area contributed by atoms with Gasteiger partial charge in [-0.15, -0.1) is 0 Å². The monoisotopic (exact) mass is 341 g/mol. The van der Waals surface area contributed by atoms with Crippen molar-refractivity contribution in [3.63, 3.8) is 0 Å². The van der Waals surface area contributed by atoms with Crippen LogP contribution in [0.25, 0.3) is 0 Å². The highest BCUT2D eigenvalue weighted by Crippen LogP contribution is 2.33. The first-order chi connectivity index (χ1) is 9.49. The Kier molecular flexibility index (Phi) is 5.16. The first-order valence-electron chi connectivity index (χ1n) is 7.02. The first kappa shape index (κ1) is 15.4. The van der Waals surface area contributed by atoms with Crippen LogP contribution in [0.2, 0.25) is 0 Å². The quantitative estimate of drug-likeness (QED) is 0.589. The Morgan fingerprint density at radius 3 is 2.75 bits per heavy atom. The van der Waals surface area contributed by atoms with Crippen molar-refractivity contribution >= 4 is 21.6 Å². The summed E-state index contributed by atoms with van der Waals surface area (Å²) in [6, 6.07) is 5.07. The Bertz CT molecular complexity index is 492. The fourth-order valence-corrected chi connectivity index (χ4v) is 3.20. The summed E-state index contributed by atoms with van der Waals surface area (Å²) in [5.74, 6) is 1.45. The molecule has 0 saturated heterocycles. The predicted octanol–water partition coefficient (Wildman–Crippen LogP) is 4.70. The Labute approximate surface area is 127 Å². The Morgan fingerprint density at radius 1 is 1.35 bits per heavy atom. The molecule has 1 aromatic rings. The van der Waals surface area contributed by atoms with Crippen molar-refractivity contribution in [3.8, 4) is 0 Å². The molecular weight excluding hydrogens is 322 g/mol. The van der Waals surface area contributed by atoms with Crippen LogP contribution in [0.15, 0.2) is 22.7 Å². The maximum absolute atomic E-state index is 10.9. The van der Waals surface area contributed by atoms with Crippen molar-refractivity contribution in [2.24, 2.45) is 11.8 Å². The van der Waals surface area contributed by atoms with Crippen LogP contribution in [0.4, 0.5) is 5.69 Å². The van der Waals surface area contributed by atoms with Crippen molar-refractivity contribution < 1.29 is 9.66 Å². The van der Waals surface area contributed by atoms with Gasteiger partial charge in [-0.25, -0.2) is 0 Å². The van der Waals surface area contributed by atoms with E-state index in [-0.39, 0.29) is 16.7 Å². The average Bonchev–Trinajstić information content (AvgIpc) is 2.41. The summed E-state index contributed by atoms with van der Waals surface area (Å²) in [7, 11) is 0. The molecule has 0 spiro atoms. The Hall–Kier alpha value is -0.940. The fraction of sp³-hybridized carbons (Fsp3) is 0.600. The van der Waals surface area contributed by atoms with E-state index in [4.69, 9.17) is 4.74 Å². The molecule has 4 nitrogen and oxygen atoms in total. The second-order valence-corrected chi connectivity index (χ2v) is 6.50. The molecule has 0 radical (unpaired) electrons. The molecule has 3 atom stereocenters. The third-order valence-electron chi connectivity index (χ3n) is 4.28. The molecule has 0 heterocycles. The Balaban J connectivity index is 1.98. The number of ether oxygens (including phenoxy) is 1. The van der Waals surface area contributed by atoms with Gasteiger partial charge in [0.1, 0.15) is 4.47 Å². The third kappa shape index (κ3) is 3.58. The van der Waals surface area contributed by atoms with E-state index in [0.717, 1.165) is 24.3 Å². The van der Waals surface area contributed by atoms with Gasteiger partial charge >= 0.3 is 0 Å². The molecule has 0 N–H and O–H groups in total. The minimum atomic E-state index is -0.377. The van der Waals surface area contributed by atoms with E-state index in [1.165, 1.54) is 12.5 Å². The molecule has 20 heavy (non-hydrogen) atoms. The van der Waals surface area contributed by atoms with Gasteiger partial charge in [0.15, 0.2) is 0 Å². The highest BCUT2D eigenvalue weighted by atomic mass is 79.9. The molecule has 1 aliphatic rings. The Morgan fingerprint density at radius 2 is 2.10 bits per heavy atom. The number of nitrogens with zero attached hydrogens (tertiary/aromatic N) is 1. The van der Waals surface area contributed by atoms with E-state index in [9.17, 15) is 10.1 Å². The van der Waals surface area contributed by atoms with E-state index in [2.05, 4.69) is 29.8 Å².